The topological polar surface area (TPSA) is 44.5 Å². The average molecular weight is 235 g/mol. The highest BCUT2D eigenvalue weighted by Gasteiger charge is 2.32. The molecule has 0 amide bonds. The zero-order valence-electron chi connectivity index (χ0n) is 10.7. The van der Waals surface area contributed by atoms with Gasteiger partial charge in [-0.3, -0.25) is 0 Å². The van der Waals surface area contributed by atoms with Crippen LogP contribution in [0.15, 0.2) is 18.2 Å². The number of aryl methyl sites for hydroxylation is 2. The summed E-state index contributed by atoms with van der Waals surface area (Å²) < 4.78 is 11.1. The Morgan fingerprint density at radius 1 is 1.18 bits per heavy atom. The summed E-state index contributed by atoms with van der Waals surface area (Å²) in [5.74, 6) is -0.688. The average Bonchev–Trinajstić information content (AvgIpc) is 2.83. The van der Waals surface area contributed by atoms with Gasteiger partial charge < -0.3 is 15.2 Å². The molecule has 0 unspecified atom stereocenters. The van der Waals surface area contributed by atoms with Crippen LogP contribution in [-0.2, 0) is 28.1 Å². The zero-order valence-corrected chi connectivity index (χ0v) is 10.7. The minimum atomic E-state index is -0.688. The van der Waals surface area contributed by atoms with Gasteiger partial charge in [0.05, 0.1) is 0 Å². The van der Waals surface area contributed by atoms with E-state index in [1.165, 1.54) is 24.0 Å². The fraction of sp³-hybridized carbons (Fsp3) is 0.571. The van der Waals surface area contributed by atoms with Gasteiger partial charge in [-0.1, -0.05) is 18.2 Å². The number of hydrogen-bond acceptors (Lipinski definition) is 3. The van der Waals surface area contributed by atoms with Crippen molar-refractivity contribution in [3.05, 3.63) is 34.9 Å². The predicted molar refractivity (Wildman–Crippen MR) is 67.8 cm³/mol. The molecule has 0 fully saturated rings. The van der Waals surface area contributed by atoms with Crippen LogP contribution in [0.25, 0.3) is 0 Å². The molecule has 0 radical (unpaired) electrons. The van der Waals surface area contributed by atoms with Crippen LogP contribution in [0.5, 0.6) is 0 Å². The van der Waals surface area contributed by atoms with Crippen LogP contribution in [0.3, 0.4) is 0 Å². The molecule has 2 rings (SSSR count). The second kappa shape index (κ2) is 5.17. The van der Waals surface area contributed by atoms with E-state index in [0.717, 1.165) is 12.0 Å². The van der Waals surface area contributed by atoms with Gasteiger partial charge in [0.25, 0.3) is 0 Å². The number of hydrogen-bond donors (Lipinski definition) is 1. The van der Waals surface area contributed by atoms with E-state index in [1.54, 1.807) is 14.2 Å². The molecule has 1 aromatic carbocycles. The first-order valence-electron chi connectivity index (χ1n) is 6.18. The van der Waals surface area contributed by atoms with Crippen molar-refractivity contribution in [3.8, 4) is 0 Å². The Hall–Kier alpha value is -0.900. The molecule has 3 heteroatoms. The molecule has 0 aliphatic heterocycles. The first kappa shape index (κ1) is 12.6. The van der Waals surface area contributed by atoms with Gasteiger partial charge in [0.1, 0.15) is 0 Å². The van der Waals surface area contributed by atoms with Gasteiger partial charge in [-0.25, -0.2) is 0 Å². The Kier molecular flexibility index (Phi) is 3.82. The number of ether oxygens (including phenoxy) is 2. The molecule has 94 valence electrons. The Balaban J connectivity index is 2.36. The van der Waals surface area contributed by atoms with Crippen LogP contribution in [0.2, 0.25) is 0 Å². The van der Waals surface area contributed by atoms with Crippen LogP contribution in [0.4, 0.5) is 0 Å². The molecule has 1 aliphatic rings. The summed E-state index contributed by atoms with van der Waals surface area (Å²) >= 11 is 0. The van der Waals surface area contributed by atoms with Crippen molar-refractivity contribution >= 4 is 0 Å². The standard InChI is InChI=1S/C14H21NO2/c1-16-14(17-2,8-9-15)13-7-6-11-4-3-5-12(11)10-13/h6-7,10H,3-5,8-9,15H2,1-2H3. The molecule has 1 aliphatic carbocycles. The van der Waals surface area contributed by atoms with E-state index in [0.29, 0.717) is 13.0 Å². The molecule has 0 saturated carbocycles. The highest BCUT2D eigenvalue weighted by Crippen LogP contribution is 2.33. The Bertz CT molecular complexity index is 386. The molecule has 2 N–H and O–H groups in total. The molecule has 0 spiro atoms. The second-order valence-corrected chi connectivity index (χ2v) is 4.54. The number of nitrogens with two attached hydrogens (primary N) is 1. The van der Waals surface area contributed by atoms with Gasteiger partial charge in [-0.05, 0) is 36.9 Å². The van der Waals surface area contributed by atoms with E-state index >= 15 is 0 Å². The van der Waals surface area contributed by atoms with Gasteiger partial charge in [0, 0.05) is 26.2 Å². The summed E-state index contributed by atoms with van der Waals surface area (Å²) in [4.78, 5) is 0. The Morgan fingerprint density at radius 3 is 2.53 bits per heavy atom. The van der Waals surface area contributed by atoms with Crippen LogP contribution in [0, 0.1) is 0 Å². The normalized spacial score (nSPS) is 15.0. The quantitative estimate of drug-likeness (QED) is 0.794. The number of benzene rings is 1. The van der Waals surface area contributed by atoms with E-state index in [4.69, 9.17) is 15.2 Å². The molecule has 1 aromatic rings. The lowest BCUT2D eigenvalue weighted by atomic mass is 9.97. The summed E-state index contributed by atoms with van der Waals surface area (Å²) in [6.07, 6.45) is 4.27. The van der Waals surface area contributed by atoms with Crippen molar-refractivity contribution in [2.45, 2.75) is 31.5 Å². The largest absolute Gasteiger partial charge is 0.349 e. The highest BCUT2D eigenvalue weighted by atomic mass is 16.7. The van der Waals surface area contributed by atoms with E-state index < -0.39 is 5.79 Å². The molecule has 17 heavy (non-hydrogen) atoms. The third-order valence-electron chi connectivity index (χ3n) is 3.67. The Labute approximate surface area is 103 Å². The van der Waals surface area contributed by atoms with Crippen molar-refractivity contribution in [2.75, 3.05) is 20.8 Å². The van der Waals surface area contributed by atoms with Crippen LogP contribution < -0.4 is 5.73 Å². The lowest BCUT2D eigenvalue weighted by Gasteiger charge is -2.31. The van der Waals surface area contributed by atoms with Crippen molar-refractivity contribution < 1.29 is 9.47 Å². The molecule has 3 nitrogen and oxygen atoms in total. The summed E-state index contributed by atoms with van der Waals surface area (Å²) in [6.45, 7) is 0.540. The molecule has 0 saturated heterocycles. The minimum absolute atomic E-state index is 0.540. The second-order valence-electron chi connectivity index (χ2n) is 4.54. The van der Waals surface area contributed by atoms with E-state index in [9.17, 15) is 0 Å². The summed E-state index contributed by atoms with van der Waals surface area (Å²) in [6, 6.07) is 6.51. The van der Waals surface area contributed by atoms with Gasteiger partial charge in [-0.15, -0.1) is 0 Å². The van der Waals surface area contributed by atoms with Crippen LogP contribution in [0.1, 0.15) is 29.5 Å². The monoisotopic (exact) mass is 235 g/mol. The van der Waals surface area contributed by atoms with Crippen LogP contribution in [-0.4, -0.2) is 20.8 Å². The molecule has 0 atom stereocenters. The van der Waals surface area contributed by atoms with Crippen molar-refractivity contribution in [1.82, 2.24) is 0 Å². The molecule has 0 heterocycles. The lowest BCUT2D eigenvalue weighted by molar-refractivity contribution is -0.218. The van der Waals surface area contributed by atoms with Gasteiger partial charge in [0.15, 0.2) is 5.79 Å². The highest BCUT2D eigenvalue weighted by molar-refractivity contribution is 5.37. The maximum atomic E-state index is 5.66. The summed E-state index contributed by atoms with van der Waals surface area (Å²) in [5.41, 5.74) is 9.62. The Morgan fingerprint density at radius 2 is 1.88 bits per heavy atom. The third-order valence-corrected chi connectivity index (χ3v) is 3.67. The number of rotatable bonds is 5. The minimum Gasteiger partial charge on any atom is -0.349 e. The summed E-state index contributed by atoms with van der Waals surface area (Å²) in [5, 5.41) is 0. The van der Waals surface area contributed by atoms with Crippen molar-refractivity contribution in [3.63, 3.8) is 0 Å². The van der Waals surface area contributed by atoms with Gasteiger partial charge in [-0.2, -0.15) is 0 Å². The van der Waals surface area contributed by atoms with E-state index in [1.807, 2.05) is 0 Å². The fourth-order valence-corrected chi connectivity index (χ4v) is 2.67. The summed E-state index contributed by atoms with van der Waals surface area (Å²) in [7, 11) is 3.35. The van der Waals surface area contributed by atoms with Gasteiger partial charge in [0.2, 0.25) is 0 Å². The zero-order chi connectivity index (χ0) is 12.3. The first-order chi connectivity index (χ1) is 8.25. The first-order valence-corrected chi connectivity index (χ1v) is 6.18. The molecular weight excluding hydrogens is 214 g/mol. The maximum absolute atomic E-state index is 5.66. The van der Waals surface area contributed by atoms with Crippen molar-refractivity contribution in [2.24, 2.45) is 5.73 Å². The van der Waals surface area contributed by atoms with Crippen LogP contribution >= 0.6 is 0 Å². The lowest BCUT2D eigenvalue weighted by Crippen LogP contribution is -2.33. The maximum Gasteiger partial charge on any atom is 0.195 e. The molecular formula is C14H21NO2. The molecule has 0 bridgehead atoms. The van der Waals surface area contributed by atoms with Gasteiger partial charge >= 0.3 is 0 Å². The predicted octanol–water partition coefficient (Wildman–Crippen LogP) is 1.97. The van der Waals surface area contributed by atoms with Crippen molar-refractivity contribution in [1.29, 1.82) is 0 Å². The SMILES string of the molecule is COC(CCN)(OC)c1ccc2c(c1)CCC2. The molecule has 0 aromatic heterocycles. The smallest absolute Gasteiger partial charge is 0.195 e. The number of fused-ring (bicyclic) bond motifs is 1. The number of methoxy groups -OCH3 is 2. The van der Waals surface area contributed by atoms with E-state index in [-0.39, 0.29) is 0 Å². The van der Waals surface area contributed by atoms with E-state index in [2.05, 4.69) is 18.2 Å². The fourth-order valence-electron chi connectivity index (χ4n) is 2.67. The third kappa shape index (κ3) is 2.23.